The predicted octanol–water partition coefficient (Wildman–Crippen LogP) is 14.8. The molecule has 0 bridgehead atoms. The van der Waals surface area contributed by atoms with Crippen LogP contribution in [0.2, 0.25) is 0 Å². The zero-order valence-corrected chi connectivity index (χ0v) is 36.8. The molecule has 4 nitrogen and oxygen atoms in total. The number of hydrogen-bond acceptors (Lipinski definition) is 4. The molecule has 0 aromatic heterocycles. The Balaban J connectivity index is -0.000000102. The zero-order chi connectivity index (χ0) is 44.9. The van der Waals surface area contributed by atoms with E-state index in [1.165, 1.54) is 27.8 Å². The van der Waals surface area contributed by atoms with Crippen molar-refractivity contribution in [3.8, 4) is 11.1 Å². The Morgan fingerprint density at radius 1 is 0.667 bits per heavy atom. The SMILES string of the molecule is C=C=C=C=C=C=C(C=C=C=C=C=C)C(=C=C=C=C=C)C(C)C.CC(=O)C(C)C.CC(C)C(=O)OCC1c2ccccc2-c2ccccc21.CC(C)Cc1ccc(CO)cc1.[HH].[HH].[HH].[HH].[HH].[HH].[HH].[HH].[HH]. The monoisotopic (exact) mass is 813 g/mol. The van der Waals surface area contributed by atoms with Crippen LogP contribution < -0.4 is 0 Å². The Morgan fingerprint density at radius 2 is 1.15 bits per heavy atom. The molecule has 0 fully saturated rings. The van der Waals surface area contributed by atoms with Gasteiger partial charge in [0.05, 0.1) is 12.5 Å². The lowest BCUT2D eigenvalue weighted by molar-refractivity contribution is -0.147. The number of fused-ring (bicyclic) bond motifs is 3. The van der Waals surface area contributed by atoms with Crippen molar-refractivity contribution in [2.24, 2.45) is 23.7 Å². The molecule has 0 spiro atoms. The van der Waals surface area contributed by atoms with E-state index in [1.54, 1.807) is 13.0 Å². The van der Waals surface area contributed by atoms with Crippen LogP contribution >= 0.6 is 0 Å². The van der Waals surface area contributed by atoms with Gasteiger partial charge in [-0.2, -0.15) is 0 Å². The van der Waals surface area contributed by atoms with Crippen LogP contribution in [0.5, 0.6) is 0 Å². The highest BCUT2D eigenvalue weighted by molar-refractivity contribution is 5.79. The van der Waals surface area contributed by atoms with Gasteiger partial charge in [0.25, 0.3) is 0 Å². The second-order valence-corrected chi connectivity index (χ2v) is 14.8. The molecule has 1 aliphatic carbocycles. The van der Waals surface area contributed by atoms with Crippen LogP contribution in [0.1, 0.15) is 103 Å². The van der Waals surface area contributed by atoms with Crippen LogP contribution in [0, 0.1) is 23.7 Å². The third-order valence-corrected chi connectivity index (χ3v) is 8.55. The van der Waals surface area contributed by atoms with Gasteiger partial charge < -0.3 is 9.84 Å². The van der Waals surface area contributed by atoms with E-state index in [1.807, 2.05) is 65.8 Å². The van der Waals surface area contributed by atoms with Gasteiger partial charge in [-0.25, -0.2) is 0 Å². The zero-order valence-electron chi connectivity index (χ0n) is 36.8. The first-order valence-electron chi connectivity index (χ1n) is 19.9. The highest BCUT2D eigenvalue weighted by atomic mass is 16.5. The molecule has 0 saturated heterocycles. The molecular weight excluding hydrogens is 737 g/mol. The van der Waals surface area contributed by atoms with Crippen molar-refractivity contribution in [1.82, 2.24) is 0 Å². The fourth-order valence-electron chi connectivity index (χ4n) is 5.23. The first-order chi connectivity index (χ1) is 28.7. The van der Waals surface area contributed by atoms with Gasteiger partial charge in [-0.3, -0.25) is 9.59 Å². The van der Waals surface area contributed by atoms with Gasteiger partial charge in [0.15, 0.2) is 0 Å². The number of Topliss-reactive ketones (excluding diaryl/α,β-unsaturated/α-hetero) is 1. The van der Waals surface area contributed by atoms with Crippen molar-refractivity contribution >= 4 is 11.8 Å². The lowest BCUT2D eigenvalue weighted by Gasteiger charge is -2.15. The van der Waals surface area contributed by atoms with Gasteiger partial charge >= 0.3 is 5.97 Å². The van der Waals surface area contributed by atoms with E-state index in [9.17, 15) is 9.59 Å². The fraction of sp³-hybridized carbons (Fsp3) is 0.304. The maximum absolute atomic E-state index is 11.7. The summed E-state index contributed by atoms with van der Waals surface area (Å²) in [6, 6.07) is 24.9. The van der Waals surface area contributed by atoms with Gasteiger partial charge in [0.2, 0.25) is 0 Å². The molecular formula is C56H76O4. The normalized spacial score (nSPS) is 9.70. The maximum Gasteiger partial charge on any atom is 0.308 e. The third-order valence-electron chi connectivity index (χ3n) is 8.55. The van der Waals surface area contributed by atoms with E-state index in [4.69, 9.17) is 9.84 Å². The molecule has 3 aromatic carbocycles. The second-order valence-electron chi connectivity index (χ2n) is 14.8. The predicted molar refractivity (Wildman–Crippen MR) is 264 cm³/mol. The van der Waals surface area contributed by atoms with Crippen molar-refractivity contribution in [3.63, 3.8) is 0 Å². The van der Waals surface area contributed by atoms with Crippen LogP contribution in [0.25, 0.3) is 11.1 Å². The van der Waals surface area contributed by atoms with Crippen molar-refractivity contribution in [3.05, 3.63) is 207 Å². The largest absolute Gasteiger partial charge is 0.464 e. The highest BCUT2D eigenvalue weighted by Gasteiger charge is 2.29. The van der Waals surface area contributed by atoms with Gasteiger partial charge in [0, 0.05) is 41.9 Å². The van der Waals surface area contributed by atoms with E-state index in [0.29, 0.717) is 18.1 Å². The number of hydrogen-bond donors (Lipinski definition) is 1. The number of aliphatic hydroxyl groups is 1. The molecule has 324 valence electrons. The number of ketones is 1. The van der Waals surface area contributed by atoms with Crippen LogP contribution in [-0.4, -0.2) is 23.5 Å². The molecule has 0 unspecified atom stereocenters. The summed E-state index contributed by atoms with van der Waals surface area (Å²) in [7, 11) is 0. The summed E-state index contributed by atoms with van der Waals surface area (Å²) in [5.41, 5.74) is 43.5. The van der Waals surface area contributed by atoms with Crippen LogP contribution in [0.15, 0.2) is 184 Å². The third kappa shape index (κ3) is 19.5. The number of ether oxygens (including phenoxy) is 1. The maximum atomic E-state index is 11.7. The Hall–Kier alpha value is -6.88. The highest BCUT2D eigenvalue weighted by Crippen LogP contribution is 2.44. The summed E-state index contributed by atoms with van der Waals surface area (Å²) >= 11 is 0. The summed E-state index contributed by atoms with van der Waals surface area (Å²) in [4.78, 5) is 21.8. The minimum atomic E-state index is -0.133. The number of esters is 1. The smallest absolute Gasteiger partial charge is 0.308 e. The summed E-state index contributed by atoms with van der Waals surface area (Å²) in [6.45, 7) is 28.3. The molecule has 1 aliphatic rings. The average Bonchev–Trinajstić information content (AvgIpc) is 3.55. The molecule has 0 radical (unpaired) electrons. The van der Waals surface area contributed by atoms with E-state index in [2.05, 4.69) is 157 Å². The Morgan fingerprint density at radius 3 is 1.62 bits per heavy atom. The molecule has 0 heterocycles. The summed E-state index contributed by atoms with van der Waals surface area (Å²) in [6.07, 6.45) is 2.78. The first-order valence-corrected chi connectivity index (χ1v) is 19.9. The molecule has 0 aliphatic heterocycles. The molecule has 3 aromatic rings. The van der Waals surface area contributed by atoms with E-state index < -0.39 is 0 Å². The number of carbonyl (C=O) groups excluding carboxylic acids is 2. The molecule has 0 saturated carbocycles. The van der Waals surface area contributed by atoms with Gasteiger partial charge in [-0.15, -0.1) is 0 Å². The minimum Gasteiger partial charge on any atom is -0.464 e. The van der Waals surface area contributed by atoms with Crippen LogP contribution in [0.4, 0.5) is 0 Å². The standard InChI is InChI=1S/C22H14.C18H18O2.C11H16O.C5H10O.9H2/c1-6-9-12-15-17-21(18-16-13-10-7-2)22(20(4)5)19-14-11-8-3;1-12(2)18(19)20-11-17-15-9-5-3-7-13(15)14-8-4-6-10-16(14)17;1-9(2)7-10-3-5-11(8-12)6-4-10;1-4(2)5(3)6;;;;;;;;;/h17,20H,1-3H2,4-5H3;3-10,12,17H,11H2,1-2H3;3-6,9,12H,7-8H2,1-2H3;4H,1-3H3;9*1H. The van der Waals surface area contributed by atoms with Crippen molar-refractivity contribution in [1.29, 1.82) is 0 Å². The van der Waals surface area contributed by atoms with Crippen molar-refractivity contribution in [2.45, 2.75) is 81.3 Å². The number of allylic oxidation sites excluding steroid dienone is 3. The number of carbonyl (C=O) groups is 2. The second kappa shape index (κ2) is 29.4. The van der Waals surface area contributed by atoms with Gasteiger partial charge in [-0.1, -0.05) is 163 Å². The number of benzene rings is 3. The quantitative estimate of drug-likeness (QED) is 0.126. The fourth-order valence-corrected chi connectivity index (χ4v) is 5.23. The average molecular weight is 813 g/mol. The first kappa shape index (κ1) is 51.1. The molecule has 4 heteroatoms. The minimum absolute atomic E-state index is 0. The van der Waals surface area contributed by atoms with Crippen molar-refractivity contribution in [2.75, 3.05) is 6.61 Å². The molecule has 0 atom stereocenters. The lowest BCUT2D eigenvalue weighted by atomic mass is 9.96. The van der Waals surface area contributed by atoms with Gasteiger partial charge in [0.1, 0.15) is 12.4 Å². The summed E-state index contributed by atoms with van der Waals surface area (Å²) < 4.78 is 5.46. The van der Waals surface area contributed by atoms with Crippen LogP contribution in [0.3, 0.4) is 0 Å². The van der Waals surface area contributed by atoms with Crippen molar-refractivity contribution < 1.29 is 32.3 Å². The summed E-state index contributed by atoms with van der Waals surface area (Å²) in [5, 5.41) is 8.81. The topological polar surface area (TPSA) is 63.6 Å². The number of rotatable bonds is 10. The van der Waals surface area contributed by atoms with E-state index in [-0.39, 0.29) is 54.9 Å². The molecule has 0 amide bonds. The van der Waals surface area contributed by atoms with Crippen LogP contribution in [-0.2, 0) is 27.4 Å². The number of aliphatic hydroxyl groups excluding tert-OH is 1. The summed E-state index contributed by atoms with van der Waals surface area (Å²) in [5.74, 6) is 1.28. The lowest BCUT2D eigenvalue weighted by Crippen LogP contribution is -2.16. The molecule has 1 N–H and O–H groups in total. The Bertz CT molecular complexity index is 2450. The van der Waals surface area contributed by atoms with E-state index >= 15 is 0 Å². The molecule has 60 heavy (non-hydrogen) atoms. The Labute approximate surface area is 372 Å². The molecule has 4 rings (SSSR count). The Kier molecular flexibility index (Phi) is 25.0. The van der Waals surface area contributed by atoms with Gasteiger partial charge in [-0.05, 0) is 118 Å². The van der Waals surface area contributed by atoms with E-state index in [0.717, 1.165) is 17.6 Å².